The molecule has 0 aromatic carbocycles. The summed E-state index contributed by atoms with van der Waals surface area (Å²) in [6, 6.07) is 2.05. The Hall–Kier alpha value is -1.27. The molecule has 1 fully saturated rings. The topological polar surface area (TPSA) is 64.3 Å². The second-order valence-electron chi connectivity index (χ2n) is 3.73. The van der Waals surface area contributed by atoms with Gasteiger partial charge in [-0.3, -0.25) is 0 Å². The van der Waals surface area contributed by atoms with Gasteiger partial charge in [0.1, 0.15) is 10.7 Å². The first-order chi connectivity index (χ1) is 7.68. The van der Waals surface area contributed by atoms with Crippen LogP contribution in [0.1, 0.15) is 12.1 Å². The Labute approximate surface area is 99.6 Å². The van der Waals surface area contributed by atoms with Crippen LogP contribution in [0.15, 0.2) is 12.3 Å². The Balaban J connectivity index is 2.18. The summed E-state index contributed by atoms with van der Waals surface area (Å²) in [7, 11) is 1.96. The van der Waals surface area contributed by atoms with Crippen molar-refractivity contribution in [3.8, 4) is 0 Å². The first-order valence-corrected chi connectivity index (χ1v) is 5.52. The van der Waals surface area contributed by atoms with Crippen LogP contribution in [0.2, 0.25) is 0 Å². The molecule has 5 nitrogen and oxygen atoms in total. The number of aromatic nitrogens is 2. The zero-order valence-electron chi connectivity index (χ0n) is 9.09. The van der Waals surface area contributed by atoms with Crippen molar-refractivity contribution in [2.45, 2.75) is 12.5 Å². The average molecular weight is 238 g/mol. The van der Waals surface area contributed by atoms with E-state index >= 15 is 0 Å². The van der Waals surface area contributed by atoms with Gasteiger partial charge < -0.3 is 15.4 Å². The first kappa shape index (κ1) is 11.2. The van der Waals surface area contributed by atoms with E-state index in [-0.39, 0.29) is 0 Å². The van der Waals surface area contributed by atoms with E-state index in [1.165, 1.54) is 0 Å². The fraction of sp³-hybridized carbons (Fsp3) is 0.500. The lowest BCUT2D eigenvalue weighted by atomic mass is 10.2. The highest BCUT2D eigenvalue weighted by Gasteiger charge is 2.22. The minimum absolute atomic E-state index is 0.291. The van der Waals surface area contributed by atoms with E-state index in [0.29, 0.717) is 22.7 Å². The van der Waals surface area contributed by atoms with Crippen LogP contribution < -0.4 is 10.6 Å². The molecular formula is C10H14N4OS. The summed E-state index contributed by atoms with van der Waals surface area (Å²) in [6.45, 7) is 1.52. The van der Waals surface area contributed by atoms with Gasteiger partial charge in [0.15, 0.2) is 0 Å². The van der Waals surface area contributed by atoms with Crippen LogP contribution >= 0.6 is 12.2 Å². The first-order valence-electron chi connectivity index (χ1n) is 5.12. The number of anilines is 1. The maximum Gasteiger partial charge on any atom is 0.226 e. The maximum absolute atomic E-state index is 5.53. The number of thiocarbonyl (C=S) groups is 1. The van der Waals surface area contributed by atoms with Gasteiger partial charge in [0.05, 0.1) is 12.6 Å². The Kier molecular flexibility index (Phi) is 3.31. The lowest BCUT2D eigenvalue weighted by molar-refractivity contribution is 0.193. The van der Waals surface area contributed by atoms with Gasteiger partial charge in [0.2, 0.25) is 5.95 Å². The van der Waals surface area contributed by atoms with Gasteiger partial charge in [-0.05, 0) is 12.5 Å². The van der Waals surface area contributed by atoms with Gasteiger partial charge in [-0.2, -0.15) is 0 Å². The van der Waals surface area contributed by atoms with Crippen molar-refractivity contribution in [1.82, 2.24) is 9.97 Å². The van der Waals surface area contributed by atoms with E-state index in [2.05, 4.69) is 9.97 Å². The van der Waals surface area contributed by atoms with Crippen LogP contribution in [0.4, 0.5) is 5.95 Å². The van der Waals surface area contributed by atoms with Crippen molar-refractivity contribution in [1.29, 1.82) is 0 Å². The molecule has 0 amide bonds. The summed E-state index contributed by atoms with van der Waals surface area (Å²) in [5.41, 5.74) is 6.14. The largest absolute Gasteiger partial charge is 0.388 e. The molecule has 1 aliphatic heterocycles. The molecule has 0 radical (unpaired) electrons. The van der Waals surface area contributed by atoms with E-state index in [1.54, 1.807) is 12.3 Å². The fourth-order valence-electron chi connectivity index (χ4n) is 1.65. The molecule has 2 heterocycles. The quantitative estimate of drug-likeness (QED) is 0.766. The van der Waals surface area contributed by atoms with Gasteiger partial charge in [-0.1, -0.05) is 12.2 Å². The number of nitrogens with two attached hydrogens (primary N) is 1. The minimum atomic E-state index is 0.291. The van der Waals surface area contributed by atoms with Crippen molar-refractivity contribution in [2.75, 3.05) is 25.2 Å². The Morgan fingerprint density at radius 1 is 1.69 bits per heavy atom. The predicted molar refractivity (Wildman–Crippen MR) is 65.5 cm³/mol. The Bertz CT molecular complexity index is 392. The smallest absolute Gasteiger partial charge is 0.226 e. The third-order valence-electron chi connectivity index (χ3n) is 2.66. The zero-order valence-corrected chi connectivity index (χ0v) is 9.91. The normalized spacial score (nSPS) is 19.7. The standard InChI is InChI=1S/C10H14N4OS/c1-14(7-3-5-15-6-7)10-12-4-2-8(13-10)9(11)16/h2,4,7H,3,5-6H2,1H3,(H2,11,16). The predicted octanol–water partition coefficient (Wildman–Crippen LogP) is 0.336. The highest BCUT2D eigenvalue weighted by molar-refractivity contribution is 7.80. The van der Waals surface area contributed by atoms with Crippen molar-refractivity contribution in [2.24, 2.45) is 5.73 Å². The molecule has 16 heavy (non-hydrogen) atoms. The Morgan fingerprint density at radius 3 is 3.12 bits per heavy atom. The van der Waals surface area contributed by atoms with E-state index in [4.69, 9.17) is 22.7 Å². The number of likely N-dealkylation sites (N-methyl/N-ethyl adjacent to an activating group) is 1. The molecule has 2 rings (SSSR count). The summed E-state index contributed by atoms with van der Waals surface area (Å²) in [5.74, 6) is 0.640. The van der Waals surface area contributed by atoms with E-state index in [9.17, 15) is 0 Å². The third-order valence-corrected chi connectivity index (χ3v) is 2.87. The highest BCUT2D eigenvalue weighted by Crippen LogP contribution is 2.16. The van der Waals surface area contributed by atoms with Crippen molar-refractivity contribution in [3.63, 3.8) is 0 Å². The molecule has 1 saturated heterocycles. The maximum atomic E-state index is 5.53. The van der Waals surface area contributed by atoms with Gasteiger partial charge >= 0.3 is 0 Å². The fourth-order valence-corrected chi connectivity index (χ4v) is 1.76. The molecule has 1 aromatic rings. The number of rotatable bonds is 3. The molecule has 0 aliphatic carbocycles. The van der Waals surface area contributed by atoms with Crippen molar-refractivity contribution < 1.29 is 4.74 Å². The van der Waals surface area contributed by atoms with Crippen molar-refractivity contribution in [3.05, 3.63) is 18.0 Å². The van der Waals surface area contributed by atoms with Crippen LogP contribution in [-0.2, 0) is 4.74 Å². The lowest BCUT2D eigenvalue weighted by Crippen LogP contribution is -2.33. The molecule has 1 unspecified atom stereocenters. The molecule has 0 bridgehead atoms. The van der Waals surface area contributed by atoms with Crippen molar-refractivity contribution >= 4 is 23.2 Å². The molecule has 6 heteroatoms. The van der Waals surface area contributed by atoms with Gasteiger partial charge in [-0.15, -0.1) is 0 Å². The summed E-state index contributed by atoms with van der Waals surface area (Å²) in [6.07, 6.45) is 2.67. The lowest BCUT2D eigenvalue weighted by Gasteiger charge is -2.23. The molecule has 0 spiro atoms. The number of hydrogen-bond donors (Lipinski definition) is 1. The minimum Gasteiger partial charge on any atom is -0.388 e. The summed E-state index contributed by atoms with van der Waals surface area (Å²) >= 11 is 4.89. The monoisotopic (exact) mass is 238 g/mol. The SMILES string of the molecule is CN(c1nccc(C(N)=S)n1)C1CCOC1. The number of ether oxygens (including phenoxy) is 1. The highest BCUT2D eigenvalue weighted by atomic mass is 32.1. The third kappa shape index (κ3) is 2.28. The zero-order chi connectivity index (χ0) is 11.5. The molecule has 2 N–H and O–H groups in total. The summed E-state index contributed by atoms with van der Waals surface area (Å²) < 4.78 is 5.33. The van der Waals surface area contributed by atoms with Crippen LogP contribution in [0.5, 0.6) is 0 Å². The molecule has 1 aromatic heterocycles. The second-order valence-corrected chi connectivity index (χ2v) is 4.17. The molecule has 1 atom stereocenters. The van der Waals surface area contributed by atoms with E-state index in [0.717, 1.165) is 19.6 Å². The molecule has 0 saturated carbocycles. The van der Waals surface area contributed by atoms with Gasteiger partial charge in [0, 0.05) is 19.9 Å². The Morgan fingerprint density at radius 2 is 2.50 bits per heavy atom. The summed E-state index contributed by atoms with van der Waals surface area (Å²) in [4.78, 5) is 10.8. The average Bonchev–Trinajstić information content (AvgIpc) is 2.81. The van der Waals surface area contributed by atoms with E-state index < -0.39 is 0 Å². The van der Waals surface area contributed by atoms with E-state index in [1.807, 2.05) is 11.9 Å². The van der Waals surface area contributed by atoms with Gasteiger partial charge in [-0.25, -0.2) is 9.97 Å². The van der Waals surface area contributed by atoms with Crippen LogP contribution in [0.25, 0.3) is 0 Å². The molecule has 1 aliphatic rings. The van der Waals surface area contributed by atoms with Crippen LogP contribution in [-0.4, -0.2) is 41.3 Å². The van der Waals surface area contributed by atoms with Gasteiger partial charge in [0.25, 0.3) is 0 Å². The molecule has 86 valence electrons. The summed E-state index contributed by atoms with van der Waals surface area (Å²) in [5, 5.41) is 0. The molecular weight excluding hydrogens is 224 g/mol. The number of nitrogens with zero attached hydrogens (tertiary/aromatic N) is 3. The number of hydrogen-bond acceptors (Lipinski definition) is 5. The van der Waals surface area contributed by atoms with Crippen LogP contribution in [0.3, 0.4) is 0 Å². The second kappa shape index (κ2) is 4.71. The van der Waals surface area contributed by atoms with Crippen LogP contribution in [0, 0.1) is 0 Å².